The second-order valence-electron chi connectivity index (χ2n) is 4.46. The first kappa shape index (κ1) is 9.76. The van der Waals surface area contributed by atoms with Gasteiger partial charge in [0.2, 0.25) is 0 Å². The maximum absolute atomic E-state index is 13.9. The Bertz CT molecular complexity index is 527. The van der Waals surface area contributed by atoms with Gasteiger partial charge in [-0.25, -0.2) is 8.78 Å². The lowest BCUT2D eigenvalue weighted by molar-refractivity contribution is -0.0284. The molecule has 3 rings (SSSR count). The summed E-state index contributed by atoms with van der Waals surface area (Å²) in [5.41, 5.74) is 0.161. The topological polar surface area (TPSA) is 0 Å². The molecular formula is C14H12F2. The Hall–Kier alpha value is -1.44. The molecule has 0 spiro atoms. The average Bonchev–Trinajstić information content (AvgIpc) is 3.12. The molecule has 1 aliphatic rings. The molecule has 82 valence electrons. The van der Waals surface area contributed by atoms with Gasteiger partial charge in [0.05, 0.1) is 0 Å². The molecule has 0 N–H and O–H groups in total. The van der Waals surface area contributed by atoms with Gasteiger partial charge >= 0.3 is 0 Å². The van der Waals surface area contributed by atoms with Gasteiger partial charge in [-0.3, -0.25) is 0 Å². The van der Waals surface area contributed by atoms with Gasteiger partial charge < -0.3 is 0 Å². The normalized spacial score (nSPS) is 16.6. The zero-order chi connectivity index (χ0) is 11.2. The smallest absolute Gasteiger partial charge is 0.201 e. The fourth-order valence-electron chi connectivity index (χ4n) is 2.08. The molecule has 0 radical (unpaired) electrons. The summed E-state index contributed by atoms with van der Waals surface area (Å²) in [4.78, 5) is 0. The minimum Gasteiger partial charge on any atom is -0.201 e. The van der Waals surface area contributed by atoms with Crippen LogP contribution in [0.4, 0.5) is 8.78 Å². The van der Waals surface area contributed by atoms with E-state index in [0.29, 0.717) is 12.8 Å². The van der Waals surface area contributed by atoms with Gasteiger partial charge in [0.25, 0.3) is 5.92 Å². The molecule has 0 unspecified atom stereocenters. The number of benzene rings is 2. The van der Waals surface area contributed by atoms with Crippen LogP contribution in [0.25, 0.3) is 10.8 Å². The van der Waals surface area contributed by atoms with E-state index in [2.05, 4.69) is 0 Å². The van der Waals surface area contributed by atoms with E-state index in [-0.39, 0.29) is 5.56 Å². The molecule has 0 heterocycles. The highest BCUT2D eigenvalue weighted by Crippen LogP contribution is 2.49. The van der Waals surface area contributed by atoms with Crippen molar-refractivity contribution in [1.29, 1.82) is 0 Å². The van der Waals surface area contributed by atoms with Crippen molar-refractivity contribution in [3.8, 4) is 0 Å². The van der Waals surface area contributed by atoms with E-state index in [1.54, 1.807) is 18.2 Å². The van der Waals surface area contributed by atoms with Crippen LogP contribution in [0.1, 0.15) is 18.4 Å². The van der Waals surface area contributed by atoms with Gasteiger partial charge in [0.15, 0.2) is 0 Å². The van der Waals surface area contributed by atoms with Crippen LogP contribution >= 0.6 is 0 Å². The van der Waals surface area contributed by atoms with Crippen LogP contribution < -0.4 is 0 Å². The Balaban J connectivity index is 2.11. The highest BCUT2D eigenvalue weighted by Gasteiger charge is 2.47. The number of halogens is 2. The number of fused-ring (bicyclic) bond motifs is 1. The fraction of sp³-hybridized carbons (Fsp3) is 0.286. The van der Waals surface area contributed by atoms with Gasteiger partial charge in [-0.15, -0.1) is 0 Å². The number of alkyl halides is 2. The summed E-state index contributed by atoms with van der Waals surface area (Å²) in [5, 5.41) is 1.90. The average molecular weight is 218 g/mol. The van der Waals surface area contributed by atoms with Crippen LogP contribution in [0.5, 0.6) is 0 Å². The first-order valence-corrected chi connectivity index (χ1v) is 5.55. The Kier molecular flexibility index (Phi) is 2.00. The molecule has 1 saturated carbocycles. The van der Waals surface area contributed by atoms with Crippen molar-refractivity contribution in [1.82, 2.24) is 0 Å². The highest BCUT2D eigenvalue weighted by atomic mass is 19.3. The van der Waals surface area contributed by atoms with Crippen LogP contribution in [0.2, 0.25) is 0 Å². The molecule has 0 atom stereocenters. The lowest BCUT2D eigenvalue weighted by Crippen LogP contribution is -2.15. The van der Waals surface area contributed by atoms with Gasteiger partial charge in [-0.05, 0) is 29.7 Å². The molecule has 1 aliphatic carbocycles. The summed E-state index contributed by atoms with van der Waals surface area (Å²) in [7, 11) is 0. The molecule has 0 aliphatic heterocycles. The van der Waals surface area contributed by atoms with E-state index in [0.717, 1.165) is 10.8 Å². The summed E-state index contributed by atoms with van der Waals surface area (Å²) < 4.78 is 27.7. The Morgan fingerprint density at radius 1 is 0.938 bits per heavy atom. The molecule has 0 saturated heterocycles. The Morgan fingerprint density at radius 2 is 1.62 bits per heavy atom. The molecule has 0 nitrogen and oxygen atoms in total. The summed E-state index contributed by atoms with van der Waals surface area (Å²) in [5.74, 6) is -3.09. The highest BCUT2D eigenvalue weighted by molar-refractivity contribution is 5.83. The lowest BCUT2D eigenvalue weighted by Gasteiger charge is -2.16. The SMILES string of the molecule is FC(F)(c1ccc2ccccc2c1)C1CC1. The van der Waals surface area contributed by atoms with Crippen LogP contribution in [0.15, 0.2) is 42.5 Å². The third-order valence-corrected chi connectivity index (χ3v) is 3.22. The molecule has 2 heteroatoms. The predicted octanol–water partition coefficient (Wildman–Crippen LogP) is 4.34. The van der Waals surface area contributed by atoms with Crippen molar-refractivity contribution in [3.05, 3.63) is 48.0 Å². The summed E-state index contributed by atoms with van der Waals surface area (Å²) in [6.07, 6.45) is 1.31. The second-order valence-corrected chi connectivity index (χ2v) is 4.46. The van der Waals surface area contributed by atoms with Gasteiger partial charge in [0, 0.05) is 11.5 Å². The molecular weight excluding hydrogens is 206 g/mol. The zero-order valence-corrected chi connectivity index (χ0v) is 8.79. The van der Waals surface area contributed by atoms with Crippen molar-refractivity contribution in [2.45, 2.75) is 18.8 Å². The molecule has 1 fully saturated rings. The number of hydrogen-bond donors (Lipinski definition) is 0. The Morgan fingerprint density at radius 3 is 2.31 bits per heavy atom. The van der Waals surface area contributed by atoms with E-state index in [4.69, 9.17) is 0 Å². The van der Waals surface area contributed by atoms with Crippen LogP contribution in [-0.2, 0) is 5.92 Å². The standard InChI is InChI=1S/C14H12F2/c15-14(16,12-7-8-12)13-6-5-10-3-1-2-4-11(10)9-13/h1-6,9,12H,7-8H2. The molecule has 16 heavy (non-hydrogen) atoms. The summed E-state index contributed by atoms with van der Waals surface area (Å²) in [6, 6.07) is 12.6. The van der Waals surface area contributed by atoms with Crippen molar-refractivity contribution < 1.29 is 8.78 Å². The molecule has 2 aromatic rings. The van der Waals surface area contributed by atoms with E-state index < -0.39 is 11.8 Å². The molecule has 0 amide bonds. The summed E-state index contributed by atoms with van der Waals surface area (Å²) >= 11 is 0. The van der Waals surface area contributed by atoms with Gasteiger partial charge in [-0.2, -0.15) is 0 Å². The quantitative estimate of drug-likeness (QED) is 0.703. The van der Waals surface area contributed by atoms with Crippen molar-refractivity contribution in [2.24, 2.45) is 5.92 Å². The second kappa shape index (κ2) is 3.27. The van der Waals surface area contributed by atoms with E-state index in [1.807, 2.05) is 24.3 Å². The minimum absolute atomic E-state index is 0.161. The first-order chi connectivity index (χ1) is 7.68. The van der Waals surface area contributed by atoms with E-state index >= 15 is 0 Å². The number of hydrogen-bond acceptors (Lipinski definition) is 0. The third-order valence-electron chi connectivity index (χ3n) is 3.22. The molecule has 0 aromatic heterocycles. The van der Waals surface area contributed by atoms with Gasteiger partial charge in [0.1, 0.15) is 0 Å². The van der Waals surface area contributed by atoms with Crippen LogP contribution in [-0.4, -0.2) is 0 Å². The predicted molar refractivity (Wildman–Crippen MR) is 60.6 cm³/mol. The third kappa shape index (κ3) is 1.49. The maximum atomic E-state index is 13.9. The molecule has 0 bridgehead atoms. The maximum Gasteiger partial charge on any atom is 0.276 e. The van der Waals surface area contributed by atoms with E-state index in [1.165, 1.54) is 0 Å². The van der Waals surface area contributed by atoms with Crippen LogP contribution in [0.3, 0.4) is 0 Å². The Labute approximate surface area is 92.9 Å². The first-order valence-electron chi connectivity index (χ1n) is 5.55. The minimum atomic E-state index is -2.65. The van der Waals surface area contributed by atoms with Crippen LogP contribution in [0, 0.1) is 5.92 Å². The van der Waals surface area contributed by atoms with E-state index in [9.17, 15) is 8.78 Å². The zero-order valence-electron chi connectivity index (χ0n) is 8.79. The van der Waals surface area contributed by atoms with Gasteiger partial charge in [-0.1, -0.05) is 36.4 Å². The largest absolute Gasteiger partial charge is 0.276 e. The molecule has 2 aromatic carbocycles. The fourth-order valence-corrected chi connectivity index (χ4v) is 2.08. The van der Waals surface area contributed by atoms with Crippen molar-refractivity contribution >= 4 is 10.8 Å². The monoisotopic (exact) mass is 218 g/mol. The van der Waals surface area contributed by atoms with Crippen molar-refractivity contribution in [2.75, 3.05) is 0 Å². The summed E-state index contributed by atoms with van der Waals surface area (Å²) in [6.45, 7) is 0. The number of rotatable bonds is 2. The van der Waals surface area contributed by atoms with Crippen molar-refractivity contribution in [3.63, 3.8) is 0 Å². The lowest BCUT2D eigenvalue weighted by atomic mass is 10.0.